The third-order valence-corrected chi connectivity index (χ3v) is 3.16. The molecule has 0 aliphatic carbocycles. The molecule has 1 nitrogen and oxygen atoms in total. The minimum atomic E-state index is 0.794. The summed E-state index contributed by atoms with van der Waals surface area (Å²) in [5, 5.41) is 4.24. The van der Waals surface area contributed by atoms with Gasteiger partial charge in [0.05, 0.1) is 0 Å². The van der Waals surface area contributed by atoms with Crippen LogP contribution in [-0.4, -0.2) is 6.54 Å². The molecule has 0 amide bonds. The van der Waals surface area contributed by atoms with Crippen molar-refractivity contribution in [1.29, 1.82) is 0 Å². The Bertz CT molecular complexity index is 450. The molecule has 0 spiro atoms. The molecule has 0 bridgehead atoms. The molecule has 0 atom stereocenters. The van der Waals surface area contributed by atoms with E-state index in [2.05, 4.69) is 47.8 Å². The van der Waals surface area contributed by atoms with E-state index in [1.807, 2.05) is 12.1 Å². The van der Waals surface area contributed by atoms with Gasteiger partial charge in [0.1, 0.15) is 0 Å². The second-order valence-electron chi connectivity index (χ2n) is 4.39. The standard InChI is InChI=1S/C16H18ClN/c17-16-10-8-15(9-11-16)13-18-12-4-7-14-5-2-1-3-6-14/h1-3,5-6,8-11,18H,4,7,12-13H2. The van der Waals surface area contributed by atoms with Gasteiger partial charge in [-0.1, -0.05) is 54.1 Å². The second-order valence-corrected chi connectivity index (χ2v) is 4.83. The molecule has 0 fully saturated rings. The molecule has 2 aromatic rings. The highest BCUT2D eigenvalue weighted by molar-refractivity contribution is 6.30. The molecule has 0 aliphatic heterocycles. The van der Waals surface area contributed by atoms with Crippen molar-refractivity contribution in [2.24, 2.45) is 0 Å². The third-order valence-electron chi connectivity index (χ3n) is 2.90. The molecule has 94 valence electrons. The van der Waals surface area contributed by atoms with Gasteiger partial charge in [0.2, 0.25) is 0 Å². The van der Waals surface area contributed by atoms with Crippen LogP contribution in [0.5, 0.6) is 0 Å². The quantitative estimate of drug-likeness (QED) is 0.772. The van der Waals surface area contributed by atoms with Crippen LogP contribution in [0, 0.1) is 0 Å². The van der Waals surface area contributed by atoms with Crippen LogP contribution in [0.2, 0.25) is 5.02 Å². The van der Waals surface area contributed by atoms with Crippen LogP contribution in [0.3, 0.4) is 0 Å². The van der Waals surface area contributed by atoms with Crippen molar-refractivity contribution in [3.8, 4) is 0 Å². The van der Waals surface area contributed by atoms with Gasteiger partial charge < -0.3 is 5.32 Å². The molecule has 18 heavy (non-hydrogen) atoms. The van der Waals surface area contributed by atoms with Gasteiger partial charge in [-0.3, -0.25) is 0 Å². The Morgan fingerprint density at radius 1 is 0.833 bits per heavy atom. The van der Waals surface area contributed by atoms with Crippen molar-refractivity contribution in [1.82, 2.24) is 5.32 Å². The van der Waals surface area contributed by atoms with Crippen LogP contribution in [0.4, 0.5) is 0 Å². The summed E-state index contributed by atoms with van der Waals surface area (Å²) in [5.41, 5.74) is 2.69. The van der Waals surface area contributed by atoms with Crippen molar-refractivity contribution < 1.29 is 0 Å². The van der Waals surface area contributed by atoms with Crippen molar-refractivity contribution in [2.45, 2.75) is 19.4 Å². The maximum atomic E-state index is 5.84. The smallest absolute Gasteiger partial charge is 0.0406 e. The van der Waals surface area contributed by atoms with Crippen molar-refractivity contribution in [2.75, 3.05) is 6.54 Å². The summed E-state index contributed by atoms with van der Waals surface area (Å²) in [5.74, 6) is 0. The molecular formula is C16H18ClN. The van der Waals surface area contributed by atoms with E-state index in [0.717, 1.165) is 31.0 Å². The average Bonchev–Trinajstić information content (AvgIpc) is 2.42. The fourth-order valence-electron chi connectivity index (χ4n) is 1.90. The van der Waals surface area contributed by atoms with Gasteiger partial charge in [-0.15, -0.1) is 0 Å². The monoisotopic (exact) mass is 259 g/mol. The average molecular weight is 260 g/mol. The summed E-state index contributed by atoms with van der Waals surface area (Å²) in [4.78, 5) is 0. The van der Waals surface area contributed by atoms with Gasteiger partial charge in [0.25, 0.3) is 0 Å². The van der Waals surface area contributed by atoms with Gasteiger partial charge in [-0.2, -0.15) is 0 Å². The van der Waals surface area contributed by atoms with Gasteiger partial charge in [0, 0.05) is 11.6 Å². The molecule has 0 unspecified atom stereocenters. The molecule has 0 radical (unpaired) electrons. The lowest BCUT2D eigenvalue weighted by Gasteiger charge is -2.05. The summed E-state index contributed by atoms with van der Waals surface area (Å²) in [6.45, 7) is 1.95. The van der Waals surface area contributed by atoms with Crippen LogP contribution in [-0.2, 0) is 13.0 Å². The zero-order valence-electron chi connectivity index (χ0n) is 10.4. The Morgan fingerprint density at radius 2 is 1.56 bits per heavy atom. The van der Waals surface area contributed by atoms with E-state index < -0.39 is 0 Å². The van der Waals surface area contributed by atoms with Crippen LogP contribution in [0.15, 0.2) is 54.6 Å². The highest BCUT2D eigenvalue weighted by Gasteiger charge is 1.94. The molecule has 0 aliphatic rings. The Kier molecular flexibility index (Phi) is 5.25. The summed E-state index contributed by atoms with van der Waals surface area (Å²) < 4.78 is 0. The first-order valence-corrected chi connectivity index (χ1v) is 6.71. The third kappa shape index (κ3) is 4.52. The van der Waals surface area contributed by atoms with Crippen LogP contribution >= 0.6 is 11.6 Å². The van der Waals surface area contributed by atoms with Gasteiger partial charge in [0.15, 0.2) is 0 Å². The van der Waals surface area contributed by atoms with E-state index in [1.165, 1.54) is 11.1 Å². The van der Waals surface area contributed by atoms with E-state index in [-0.39, 0.29) is 0 Å². The minimum Gasteiger partial charge on any atom is -0.313 e. The molecule has 0 saturated carbocycles. The summed E-state index contributed by atoms with van der Waals surface area (Å²) in [7, 11) is 0. The Morgan fingerprint density at radius 3 is 2.28 bits per heavy atom. The number of aryl methyl sites for hydroxylation is 1. The second kappa shape index (κ2) is 7.20. The fraction of sp³-hybridized carbons (Fsp3) is 0.250. The first kappa shape index (κ1) is 13.1. The first-order valence-electron chi connectivity index (χ1n) is 6.34. The summed E-state index contributed by atoms with van der Waals surface area (Å²) >= 11 is 5.84. The number of nitrogens with one attached hydrogen (secondary N) is 1. The van der Waals surface area contributed by atoms with Crippen molar-refractivity contribution in [3.63, 3.8) is 0 Å². The summed E-state index contributed by atoms with van der Waals surface area (Å²) in [6, 6.07) is 18.6. The fourth-order valence-corrected chi connectivity index (χ4v) is 2.02. The van der Waals surface area contributed by atoms with Crippen molar-refractivity contribution in [3.05, 3.63) is 70.7 Å². The van der Waals surface area contributed by atoms with E-state index in [4.69, 9.17) is 11.6 Å². The van der Waals surface area contributed by atoms with Crippen LogP contribution < -0.4 is 5.32 Å². The van der Waals surface area contributed by atoms with Crippen molar-refractivity contribution >= 4 is 11.6 Å². The van der Waals surface area contributed by atoms with E-state index in [1.54, 1.807) is 0 Å². The molecule has 1 N–H and O–H groups in total. The molecule has 2 heteroatoms. The normalized spacial score (nSPS) is 10.5. The Balaban J connectivity index is 1.63. The lowest BCUT2D eigenvalue weighted by atomic mass is 10.1. The van der Waals surface area contributed by atoms with Gasteiger partial charge >= 0.3 is 0 Å². The maximum absolute atomic E-state index is 5.84. The molecule has 0 heterocycles. The number of hydrogen-bond donors (Lipinski definition) is 1. The number of rotatable bonds is 6. The highest BCUT2D eigenvalue weighted by Crippen LogP contribution is 2.09. The zero-order chi connectivity index (χ0) is 12.6. The first-order chi connectivity index (χ1) is 8.84. The van der Waals surface area contributed by atoms with Crippen LogP contribution in [0.25, 0.3) is 0 Å². The number of hydrogen-bond acceptors (Lipinski definition) is 1. The van der Waals surface area contributed by atoms with E-state index >= 15 is 0 Å². The van der Waals surface area contributed by atoms with Gasteiger partial charge in [-0.25, -0.2) is 0 Å². The number of benzene rings is 2. The van der Waals surface area contributed by atoms with Gasteiger partial charge in [-0.05, 0) is 42.6 Å². The largest absolute Gasteiger partial charge is 0.313 e. The lowest BCUT2D eigenvalue weighted by molar-refractivity contribution is 0.649. The van der Waals surface area contributed by atoms with E-state index in [0.29, 0.717) is 0 Å². The molecule has 2 aromatic carbocycles. The topological polar surface area (TPSA) is 12.0 Å². The Hall–Kier alpha value is -1.31. The number of halogens is 1. The zero-order valence-corrected chi connectivity index (χ0v) is 11.2. The minimum absolute atomic E-state index is 0.794. The molecule has 0 saturated heterocycles. The Labute approximate surface area is 114 Å². The lowest BCUT2D eigenvalue weighted by Crippen LogP contribution is -2.15. The summed E-state index contributed by atoms with van der Waals surface area (Å²) in [6.07, 6.45) is 2.30. The maximum Gasteiger partial charge on any atom is 0.0406 e. The predicted octanol–water partition coefficient (Wildman–Crippen LogP) is 4.06. The van der Waals surface area contributed by atoms with Crippen LogP contribution in [0.1, 0.15) is 17.5 Å². The molecular weight excluding hydrogens is 242 g/mol. The highest BCUT2D eigenvalue weighted by atomic mass is 35.5. The molecule has 2 rings (SSSR count). The predicted molar refractivity (Wildman–Crippen MR) is 77.9 cm³/mol. The SMILES string of the molecule is Clc1ccc(CNCCCc2ccccc2)cc1. The van der Waals surface area contributed by atoms with E-state index in [9.17, 15) is 0 Å². The molecule has 0 aromatic heterocycles.